The molecular weight excluding hydrogens is 420 g/mol. The molecule has 0 saturated carbocycles. The van der Waals surface area contributed by atoms with Gasteiger partial charge in [0, 0.05) is 18.3 Å². The molecule has 0 spiro atoms. The maximum atomic E-state index is 12.3. The normalized spacial score (nSPS) is 11.7. The fourth-order valence-electron chi connectivity index (χ4n) is 2.88. The number of amides is 1. The van der Waals surface area contributed by atoms with Gasteiger partial charge in [0.25, 0.3) is 5.91 Å². The molecule has 1 amide bonds. The first kappa shape index (κ1) is 22.1. The van der Waals surface area contributed by atoms with Crippen molar-refractivity contribution in [3.63, 3.8) is 0 Å². The summed E-state index contributed by atoms with van der Waals surface area (Å²) in [6, 6.07) is 4.80. The number of carbonyl (C=O) groups is 3. The Kier molecular flexibility index (Phi) is 6.28. The Labute approximate surface area is 181 Å². The Bertz CT molecular complexity index is 1180. The zero-order valence-electron chi connectivity index (χ0n) is 16.9. The molecular formula is C19H20N8O5. The van der Waals surface area contributed by atoms with Crippen molar-refractivity contribution in [3.8, 4) is 0 Å². The second-order valence-electron chi connectivity index (χ2n) is 6.87. The van der Waals surface area contributed by atoms with E-state index >= 15 is 0 Å². The quantitative estimate of drug-likeness (QED) is 0.310. The molecule has 0 saturated heterocycles. The number of benzene rings is 1. The summed E-state index contributed by atoms with van der Waals surface area (Å²) in [6.07, 6.45) is 0.821. The molecule has 0 fully saturated rings. The van der Waals surface area contributed by atoms with E-state index in [-0.39, 0.29) is 23.0 Å². The van der Waals surface area contributed by atoms with E-state index < -0.39 is 30.3 Å². The third-order valence-electron chi connectivity index (χ3n) is 4.45. The van der Waals surface area contributed by atoms with E-state index in [9.17, 15) is 14.4 Å². The lowest BCUT2D eigenvalue weighted by Crippen LogP contribution is -2.42. The summed E-state index contributed by atoms with van der Waals surface area (Å²) in [7, 11) is 1.80. The molecule has 1 aromatic carbocycles. The summed E-state index contributed by atoms with van der Waals surface area (Å²) in [4.78, 5) is 52.5. The average molecular weight is 440 g/mol. The maximum absolute atomic E-state index is 12.3. The monoisotopic (exact) mass is 440 g/mol. The minimum absolute atomic E-state index is 0.00263. The van der Waals surface area contributed by atoms with Crippen LogP contribution in [0, 0.1) is 0 Å². The number of hydrogen-bond acceptors (Lipinski definition) is 10. The van der Waals surface area contributed by atoms with Crippen LogP contribution in [0.4, 0.5) is 17.5 Å². The van der Waals surface area contributed by atoms with Gasteiger partial charge in [0.2, 0.25) is 5.95 Å². The Balaban J connectivity index is 1.70. The van der Waals surface area contributed by atoms with Crippen LogP contribution in [0.2, 0.25) is 0 Å². The first-order chi connectivity index (χ1) is 15.1. The number of aromatic nitrogens is 4. The molecule has 2 aromatic heterocycles. The average Bonchev–Trinajstić information content (AvgIpc) is 2.72. The van der Waals surface area contributed by atoms with E-state index in [2.05, 4.69) is 25.3 Å². The topological polar surface area (TPSA) is 211 Å². The number of carboxylic acids is 2. The van der Waals surface area contributed by atoms with Crippen molar-refractivity contribution in [2.45, 2.75) is 19.0 Å². The molecule has 1 atom stereocenters. The van der Waals surface area contributed by atoms with Gasteiger partial charge in [-0.05, 0) is 24.3 Å². The Morgan fingerprint density at radius 2 is 1.78 bits per heavy atom. The zero-order valence-corrected chi connectivity index (χ0v) is 16.9. The molecule has 7 N–H and O–H groups in total. The van der Waals surface area contributed by atoms with Gasteiger partial charge in [0.15, 0.2) is 11.5 Å². The number of fused-ring (bicyclic) bond motifs is 1. The molecule has 32 heavy (non-hydrogen) atoms. The van der Waals surface area contributed by atoms with Crippen LogP contribution in [-0.2, 0) is 16.1 Å². The van der Waals surface area contributed by atoms with Crippen LogP contribution < -0.4 is 21.7 Å². The van der Waals surface area contributed by atoms with E-state index in [1.807, 2.05) is 4.90 Å². The molecule has 0 unspecified atom stereocenters. The molecule has 3 aromatic rings. The number of anilines is 3. The van der Waals surface area contributed by atoms with Crippen molar-refractivity contribution >= 4 is 46.5 Å². The van der Waals surface area contributed by atoms with Gasteiger partial charge in [0.05, 0.1) is 24.9 Å². The number of carbonyl (C=O) groups excluding carboxylic acids is 1. The lowest BCUT2D eigenvalue weighted by molar-refractivity contribution is -0.145. The van der Waals surface area contributed by atoms with E-state index in [1.54, 1.807) is 25.4 Å². The first-order valence-electron chi connectivity index (χ1n) is 9.25. The summed E-state index contributed by atoms with van der Waals surface area (Å²) in [5.74, 6) is -3.31. The fraction of sp³-hybridized carbons (Fsp3) is 0.211. The highest BCUT2D eigenvalue weighted by molar-refractivity contribution is 5.97. The maximum Gasteiger partial charge on any atom is 0.326 e. The second-order valence-corrected chi connectivity index (χ2v) is 6.87. The number of nitrogens with zero attached hydrogens (tertiary/aromatic N) is 5. The molecule has 0 aliphatic carbocycles. The number of carboxylic acid groups (broad SMARTS) is 2. The molecule has 0 radical (unpaired) electrons. The van der Waals surface area contributed by atoms with E-state index in [1.165, 1.54) is 12.1 Å². The number of rotatable bonds is 8. The van der Waals surface area contributed by atoms with Crippen molar-refractivity contribution in [2.75, 3.05) is 23.4 Å². The molecule has 0 aliphatic rings. The predicted octanol–water partition coefficient (Wildman–Crippen LogP) is -0.122. The van der Waals surface area contributed by atoms with Crippen LogP contribution in [0.1, 0.15) is 22.5 Å². The minimum atomic E-state index is -1.53. The fourth-order valence-corrected chi connectivity index (χ4v) is 2.88. The molecule has 13 nitrogen and oxygen atoms in total. The zero-order chi connectivity index (χ0) is 23.4. The summed E-state index contributed by atoms with van der Waals surface area (Å²) in [5, 5.41) is 20.0. The summed E-state index contributed by atoms with van der Waals surface area (Å²) in [6.45, 7) is 0.359. The van der Waals surface area contributed by atoms with Crippen molar-refractivity contribution in [1.82, 2.24) is 25.3 Å². The Hall–Kier alpha value is -4.55. The van der Waals surface area contributed by atoms with Crippen LogP contribution in [0.3, 0.4) is 0 Å². The second kappa shape index (κ2) is 9.07. The largest absolute Gasteiger partial charge is 0.481 e. The van der Waals surface area contributed by atoms with E-state index in [0.29, 0.717) is 17.8 Å². The Morgan fingerprint density at radius 1 is 1.09 bits per heavy atom. The Morgan fingerprint density at radius 3 is 2.41 bits per heavy atom. The van der Waals surface area contributed by atoms with Crippen molar-refractivity contribution in [1.29, 1.82) is 0 Å². The van der Waals surface area contributed by atoms with Crippen LogP contribution in [-0.4, -0.2) is 61.1 Å². The minimum Gasteiger partial charge on any atom is -0.481 e. The van der Waals surface area contributed by atoms with Crippen molar-refractivity contribution < 1.29 is 24.6 Å². The number of nitrogens with two attached hydrogens (primary N) is 2. The standard InChI is InChI=1S/C19H20N8O5/c1-27(8-10-7-22-14-15(20)25-19(21)26-16(14)23-10)11-4-2-9(3-5-11)17(30)24-12(18(31)32)6-13(28)29/h2-5,7,12H,6,8H2,1H3,(H,24,30)(H,28,29)(H,31,32)(H4,20,21,23,25,26)/t12-/m0/s1. The number of hydrogen-bond donors (Lipinski definition) is 5. The predicted molar refractivity (Wildman–Crippen MR) is 114 cm³/mol. The highest BCUT2D eigenvalue weighted by atomic mass is 16.4. The molecule has 166 valence electrons. The number of aliphatic carboxylic acids is 2. The SMILES string of the molecule is CN(Cc1cnc2c(N)nc(N)nc2n1)c1ccc(C(=O)N[C@@H](CC(=O)O)C(=O)O)cc1. The van der Waals surface area contributed by atoms with Gasteiger partial charge in [-0.2, -0.15) is 9.97 Å². The molecule has 2 heterocycles. The highest BCUT2D eigenvalue weighted by Crippen LogP contribution is 2.18. The third kappa shape index (κ3) is 5.13. The first-order valence-corrected chi connectivity index (χ1v) is 9.25. The van der Waals surface area contributed by atoms with Gasteiger partial charge in [-0.25, -0.2) is 14.8 Å². The van der Waals surface area contributed by atoms with Gasteiger partial charge < -0.3 is 31.9 Å². The van der Waals surface area contributed by atoms with Crippen LogP contribution >= 0.6 is 0 Å². The highest BCUT2D eigenvalue weighted by Gasteiger charge is 2.23. The molecule has 13 heteroatoms. The molecule has 3 rings (SSSR count). The molecule has 0 bridgehead atoms. The van der Waals surface area contributed by atoms with Crippen LogP contribution in [0.5, 0.6) is 0 Å². The van der Waals surface area contributed by atoms with Crippen LogP contribution in [0.15, 0.2) is 30.5 Å². The lowest BCUT2D eigenvalue weighted by atomic mass is 10.1. The van der Waals surface area contributed by atoms with Gasteiger partial charge in [-0.3, -0.25) is 9.59 Å². The number of nitrogens with one attached hydrogen (secondary N) is 1. The summed E-state index contributed by atoms with van der Waals surface area (Å²) >= 11 is 0. The third-order valence-corrected chi connectivity index (χ3v) is 4.45. The van der Waals surface area contributed by atoms with Crippen molar-refractivity contribution in [2.24, 2.45) is 0 Å². The van der Waals surface area contributed by atoms with Gasteiger partial charge in [-0.1, -0.05) is 0 Å². The van der Waals surface area contributed by atoms with Gasteiger partial charge in [-0.15, -0.1) is 0 Å². The molecule has 0 aliphatic heterocycles. The lowest BCUT2D eigenvalue weighted by Gasteiger charge is -2.19. The van der Waals surface area contributed by atoms with Gasteiger partial charge >= 0.3 is 11.9 Å². The van der Waals surface area contributed by atoms with E-state index in [4.69, 9.17) is 21.7 Å². The number of nitrogen functional groups attached to an aromatic ring is 2. The van der Waals surface area contributed by atoms with Crippen molar-refractivity contribution in [3.05, 3.63) is 41.7 Å². The smallest absolute Gasteiger partial charge is 0.326 e. The summed E-state index contributed by atoms with van der Waals surface area (Å²) < 4.78 is 0. The van der Waals surface area contributed by atoms with E-state index in [0.717, 1.165) is 5.69 Å². The van der Waals surface area contributed by atoms with Crippen LogP contribution in [0.25, 0.3) is 11.2 Å². The van der Waals surface area contributed by atoms with Gasteiger partial charge in [0.1, 0.15) is 11.6 Å². The summed E-state index contributed by atoms with van der Waals surface area (Å²) in [5.41, 5.74) is 13.5.